The normalized spacial score (nSPS) is 16.9. The minimum absolute atomic E-state index is 0.320. The van der Waals surface area contributed by atoms with Crippen LogP contribution in [0.2, 0.25) is 5.02 Å². The summed E-state index contributed by atoms with van der Waals surface area (Å²) < 4.78 is 1.89. The Hall–Kier alpha value is -0.830. The molecule has 118 valence electrons. The maximum Gasteiger partial charge on any atom is 0.139 e. The van der Waals surface area contributed by atoms with Gasteiger partial charge in [0, 0.05) is 19.4 Å². The third-order valence-electron chi connectivity index (χ3n) is 4.55. The van der Waals surface area contributed by atoms with Crippen molar-refractivity contribution in [1.29, 1.82) is 0 Å². The highest BCUT2D eigenvalue weighted by Gasteiger charge is 2.20. The Labute approximate surface area is 133 Å². The maximum atomic E-state index is 12.4. The Morgan fingerprint density at radius 1 is 1.24 bits per heavy atom. The third-order valence-corrected chi connectivity index (χ3v) is 4.99. The highest BCUT2D eigenvalue weighted by molar-refractivity contribution is 6.32. The molecular weight excluding hydrogens is 284 g/mol. The highest BCUT2D eigenvalue weighted by Crippen LogP contribution is 2.27. The van der Waals surface area contributed by atoms with Crippen LogP contribution in [0.5, 0.6) is 0 Å². The number of rotatable bonds is 6. The fourth-order valence-electron chi connectivity index (χ4n) is 3.34. The van der Waals surface area contributed by atoms with Crippen LogP contribution in [0, 0.1) is 5.92 Å². The monoisotopic (exact) mass is 310 g/mol. The fourth-order valence-corrected chi connectivity index (χ4v) is 3.67. The second-order valence-electron chi connectivity index (χ2n) is 6.15. The van der Waals surface area contributed by atoms with Gasteiger partial charge in [-0.15, -0.1) is 0 Å². The Bertz CT molecular complexity index is 473. The SMILES string of the molecule is CCc1nn(CC)c(CC(=O)CC2CCCCCC2)c1Cl. The van der Waals surface area contributed by atoms with Crippen molar-refractivity contribution in [2.75, 3.05) is 0 Å². The van der Waals surface area contributed by atoms with Crippen LogP contribution in [0.1, 0.15) is 70.2 Å². The van der Waals surface area contributed by atoms with Crippen LogP contribution in [0.4, 0.5) is 0 Å². The number of hydrogen-bond acceptors (Lipinski definition) is 2. The summed E-state index contributed by atoms with van der Waals surface area (Å²) in [5.74, 6) is 0.906. The number of Topliss-reactive ketones (excluding diaryl/α,β-unsaturated/α-hetero) is 1. The summed E-state index contributed by atoms with van der Waals surface area (Å²) in [5, 5.41) is 5.20. The molecule has 4 heteroatoms. The predicted molar refractivity (Wildman–Crippen MR) is 86.8 cm³/mol. The van der Waals surface area contributed by atoms with E-state index in [1.54, 1.807) is 0 Å². The molecule has 0 radical (unpaired) electrons. The Balaban J connectivity index is 2.00. The molecule has 1 aliphatic carbocycles. The van der Waals surface area contributed by atoms with Gasteiger partial charge in [0.15, 0.2) is 0 Å². The zero-order valence-corrected chi connectivity index (χ0v) is 14.1. The van der Waals surface area contributed by atoms with Gasteiger partial charge in [0.2, 0.25) is 0 Å². The molecule has 1 heterocycles. The first kappa shape index (κ1) is 16.5. The van der Waals surface area contributed by atoms with Crippen LogP contribution >= 0.6 is 11.6 Å². The van der Waals surface area contributed by atoms with Gasteiger partial charge in [0.25, 0.3) is 0 Å². The summed E-state index contributed by atoms with van der Waals surface area (Å²) in [4.78, 5) is 12.4. The molecular formula is C17H27ClN2O. The average Bonchev–Trinajstić information content (AvgIpc) is 2.66. The quantitative estimate of drug-likeness (QED) is 0.720. The van der Waals surface area contributed by atoms with Crippen molar-refractivity contribution >= 4 is 17.4 Å². The van der Waals surface area contributed by atoms with Crippen molar-refractivity contribution in [3.05, 3.63) is 16.4 Å². The lowest BCUT2D eigenvalue weighted by atomic mass is 9.93. The molecule has 1 fully saturated rings. The summed E-state index contributed by atoms with van der Waals surface area (Å²) in [7, 11) is 0. The van der Waals surface area contributed by atoms with E-state index < -0.39 is 0 Å². The molecule has 0 aromatic carbocycles. The largest absolute Gasteiger partial charge is 0.299 e. The summed E-state index contributed by atoms with van der Waals surface area (Å²) in [6, 6.07) is 0. The van der Waals surface area contributed by atoms with E-state index >= 15 is 0 Å². The molecule has 0 bridgehead atoms. The van der Waals surface area contributed by atoms with E-state index in [2.05, 4.69) is 5.10 Å². The van der Waals surface area contributed by atoms with Crippen molar-refractivity contribution in [1.82, 2.24) is 9.78 Å². The van der Waals surface area contributed by atoms with Crippen molar-refractivity contribution < 1.29 is 4.79 Å². The number of nitrogens with zero attached hydrogens (tertiary/aromatic N) is 2. The molecule has 1 aliphatic rings. The summed E-state index contributed by atoms with van der Waals surface area (Å²) in [5.41, 5.74) is 1.82. The van der Waals surface area contributed by atoms with Crippen molar-refractivity contribution in [2.24, 2.45) is 5.92 Å². The van der Waals surface area contributed by atoms with Crippen LogP contribution in [-0.4, -0.2) is 15.6 Å². The highest BCUT2D eigenvalue weighted by atomic mass is 35.5. The third kappa shape index (κ3) is 4.32. The van der Waals surface area contributed by atoms with E-state index in [1.165, 1.54) is 38.5 Å². The van der Waals surface area contributed by atoms with Gasteiger partial charge in [0.1, 0.15) is 5.78 Å². The Morgan fingerprint density at radius 2 is 1.90 bits per heavy atom. The minimum atomic E-state index is 0.320. The average molecular weight is 311 g/mol. The lowest BCUT2D eigenvalue weighted by molar-refractivity contribution is -0.119. The van der Waals surface area contributed by atoms with Crippen LogP contribution in [0.25, 0.3) is 0 Å². The molecule has 0 aliphatic heterocycles. The number of aryl methyl sites for hydroxylation is 2. The van der Waals surface area contributed by atoms with E-state index in [1.807, 2.05) is 18.5 Å². The number of carbonyl (C=O) groups is 1. The molecule has 0 unspecified atom stereocenters. The predicted octanol–water partition coefficient (Wildman–Crippen LogP) is 4.59. The van der Waals surface area contributed by atoms with Gasteiger partial charge in [-0.05, 0) is 19.3 Å². The van der Waals surface area contributed by atoms with Gasteiger partial charge in [-0.25, -0.2) is 0 Å². The summed E-state index contributed by atoms with van der Waals surface area (Å²) >= 11 is 6.39. The van der Waals surface area contributed by atoms with Crippen molar-refractivity contribution in [3.8, 4) is 0 Å². The molecule has 21 heavy (non-hydrogen) atoms. The molecule has 2 rings (SSSR count). The molecule has 1 aromatic rings. The number of halogens is 1. The molecule has 0 saturated heterocycles. The van der Waals surface area contributed by atoms with Crippen LogP contribution in [-0.2, 0) is 24.2 Å². The standard InChI is InChI=1S/C17H27ClN2O/c1-3-15-17(18)16(20(4-2)19-15)12-14(21)11-13-9-7-5-6-8-10-13/h13H,3-12H2,1-2H3. The fraction of sp³-hybridized carbons (Fsp3) is 0.765. The van der Waals surface area contributed by atoms with Crippen LogP contribution in [0.15, 0.2) is 0 Å². The number of hydrogen-bond donors (Lipinski definition) is 0. The first-order valence-corrected chi connectivity index (χ1v) is 8.79. The first-order chi connectivity index (χ1) is 10.2. The van der Waals surface area contributed by atoms with Crippen molar-refractivity contribution in [2.45, 2.75) is 78.2 Å². The summed E-state index contributed by atoms with van der Waals surface area (Å²) in [6.45, 7) is 4.86. The lowest BCUT2D eigenvalue weighted by Gasteiger charge is -2.13. The lowest BCUT2D eigenvalue weighted by Crippen LogP contribution is -2.13. The Kier molecular flexibility index (Phi) is 6.28. The van der Waals surface area contributed by atoms with E-state index in [9.17, 15) is 4.79 Å². The van der Waals surface area contributed by atoms with Gasteiger partial charge in [-0.3, -0.25) is 9.48 Å². The van der Waals surface area contributed by atoms with E-state index in [0.717, 1.165) is 24.4 Å². The van der Waals surface area contributed by atoms with Gasteiger partial charge < -0.3 is 0 Å². The van der Waals surface area contributed by atoms with Gasteiger partial charge in [-0.1, -0.05) is 57.0 Å². The van der Waals surface area contributed by atoms with E-state index in [4.69, 9.17) is 11.6 Å². The van der Waals surface area contributed by atoms with Gasteiger partial charge in [0.05, 0.1) is 16.4 Å². The zero-order chi connectivity index (χ0) is 15.2. The molecule has 0 atom stereocenters. The first-order valence-electron chi connectivity index (χ1n) is 8.41. The van der Waals surface area contributed by atoms with Gasteiger partial charge in [-0.2, -0.15) is 5.10 Å². The summed E-state index contributed by atoms with van der Waals surface area (Å²) in [6.07, 6.45) is 9.63. The topological polar surface area (TPSA) is 34.9 Å². The zero-order valence-electron chi connectivity index (χ0n) is 13.3. The van der Waals surface area contributed by atoms with E-state index in [0.29, 0.717) is 29.6 Å². The second-order valence-corrected chi connectivity index (χ2v) is 6.53. The van der Waals surface area contributed by atoms with Crippen LogP contribution < -0.4 is 0 Å². The number of carbonyl (C=O) groups excluding carboxylic acids is 1. The molecule has 1 saturated carbocycles. The molecule has 3 nitrogen and oxygen atoms in total. The molecule has 0 spiro atoms. The van der Waals surface area contributed by atoms with Crippen molar-refractivity contribution in [3.63, 3.8) is 0 Å². The Morgan fingerprint density at radius 3 is 2.48 bits per heavy atom. The molecule has 0 amide bonds. The number of aromatic nitrogens is 2. The minimum Gasteiger partial charge on any atom is -0.299 e. The second kappa shape index (κ2) is 7.98. The number of ketones is 1. The smallest absolute Gasteiger partial charge is 0.139 e. The van der Waals surface area contributed by atoms with E-state index in [-0.39, 0.29) is 0 Å². The maximum absolute atomic E-state index is 12.4. The molecule has 1 aromatic heterocycles. The van der Waals surface area contributed by atoms with Crippen LogP contribution in [0.3, 0.4) is 0 Å². The molecule has 0 N–H and O–H groups in total. The van der Waals surface area contributed by atoms with Gasteiger partial charge >= 0.3 is 0 Å².